The highest BCUT2D eigenvalue weighted by Gasteiger charge is 2.39. The summed E-state index contributed by atoms with van der Waals surface area (Å²) in [6.07, 6.45) is 3.16. The first-order chi connectivity index (χ1) is 14.9. The zero-order chi connectivity index (χ0) is 22.2. The molecule has 188 valence electrons. The number of nitrogens with one attached hydrogen (secondary N) is 2. The Morgan fingerprint density at radius 1 is 1.06 bits per heavy atom. The molecular formula is C22H41F3IN5O. The normalized spacial score (nSPS) is 23.7. The summed E-state index contributed by atoms with van der Waals surface area (Å²) in [5, 5.41) is 6.82. The number of rotatable bonds is 8. The van der Waals surface area contributed by atoms with Crippen molar-refractivity contribution in [2.45, 2.75) is 63.6 Å². The maximum absolute atomic E-state index is 12.6. The lowest BCUT2D eigenvalue weighted by molar-refractivity contribution is -0.148. The molecule has 3 fully saturated rings. The van der Waals surface area contributed by atoms with Gasteiger partial charge in [0.1, 0.15) is 0 Å². The fourth-order valence-corrected chi connectivity index (χ4v) is 5.17. The molecule has 3 saturated heterocycles. The predicted octanol–water partition coefficient (Wildman–Crippen LogP) is 3.47. The van der Waals surface area contributed by atoms with Crippen molar-refractivity contribution in [3.63, 3.8) is 0 Å². The van der Waals surface area contributed by atoms with Gasteiger partial charge < -0.3 is 15.4 Å². The number of aliphatic imine (C=N–C) groups is 1. The minimum atomic E-state index is -4.09. The van der Waals surface area contributed by atoms with E-state index in [1.807, 2.05) is 0 Å². The molecule has 3 aliphatic heterocycles. The molecule has 3 heterocycles. The molecule has 0 unspecified atom stereocenters. The lowest BCUT2D eigenvalue weighted by Crippen LogP contribution is -2.54. The van der Waals surface area contributed by atoms with E-state index in [1.54, 1.807) is 0 Å². The highest BCUT2D eigenvalue weighted by atomic mass is 127. The van der Waals surface area contributed by atoms with Gasteiger partial charge in [-0.1, -0.05) is 0 Å². The van der Waals surface area contributed by atoms with Crippen LogP contribution in [0.2, 0.25) is 0 Å². The SMILES string of the molecule is CCNC(=NCC1(N2CCCC2)CCOCC1)NCCC1CCN(CC(F)(F)F)CC1.I. The number of likely N-dealkylation sites (tertiary alicyclic amines) is 2. The Morgan fingerprint density at radius 3 is 2.31 bits per heavy atom. The van der Waals surface area contributed by atoms with Crippen LogP contribution < -0.4 is 10.6 Å². The maximum atomic E-state index is 12.6. The summed E-state index contributed by atoms with van der Waals surface area (Å²) in [7, 11) is 0. The van der Waals surface area contributed by atoms with Crippen LogP contribution in [0.4, 0.5) is 13.2 Å². The van der Waals surface area contributed by atoms with E-state index in [2.05, 4.69) is 22.5 Å². The summed E-state index contributed by atoms with van der Waals surface area (Å²) >= 11 is 0. The number of nitrogens with zero attached hydrogens (tertiary/aromatic N) is 3. The van der Waals surface area contributed by atoms with Gasteiger partial charge in [-0.3, -0.25) is 14.8 Å². The van der Waals surface area contributed by atoms with E-state index in [-0.39, 0.29) is 29.5 Å². The zero-order valence-corrected chi connectivity index (χ0v) is 21.7. The van der Waals surface area contributed by atoms with E-state index in [0.717, 1.165) is 84.0 Å². The molecule has 0 saturated carbocycles. The molecule has 6 nitrogen and oxygen atoms in total. The van der Waals surface area contributed by atoms with Crippen LogP contribution in [0.5, 0.6) is 0 Å². The molecule has 0 bridgehead atoms. The third kappa shape index (κ3) is 8.79. The number of piperidine rings is 1. The second kappa shape index (κ2) is 13.5. The van der Waals surface area contributed by atoms with Gasteiger partial charge in [-0.2, -0.15) is 13.2 Å². The van der Waals surface area contributed by atoms with Gasteiger partial charge in [0.15, 0.2) is 5.96 Å². The largest absolute Gasteiger partial charge is 0.401 e. The van der Waals surface area contributed by atoms with Gasteiger partial charge in [0.25, 0.3) is 0 Å². The van der Waals surface area contributed by atoms with Crippen LogP contribution in [-0.4, -0.2) is 93.0 Å². The molecule has 0 radical (unpaired) electrons. The van der Waals surface area contributed by atoms with Crippen LogP contribution in [0.3, 0.4) is 0 Å². The van der Waals surface area contributed by atoms with Crippen molar-refractivity contribution >= 4 is 29.9 Å². The summed E-state index contributed by atoms with van der Waals surface area (Å²) in [6, 6.07) is 0. The predicted molar refractivity (Wildman–Crippen MR) is 133 cm³/mol. The molecule has 0 spiro atoms. The zero-order valence-electron chi connectivity index (χ0n) is 19.4. The summed E-state index contributed by atoms with van der Waals surface area (Å²) in [5.74, 6) is 1.33. The summed E-state index contributed by atoms with van der Waals surface area (Å²) < 4.78 is 43.3. The maximum Gasteiger partial charge on any atom is 0.401 e. The van der Waals surface area contributed by atoms with Gasteiger partial charge in [0, 0.05) is 31.8 Å². The fourth-order valence-electron chi connectivity index (χ4n) is 5.17. The van der Waals surface area contributed by atoms with Gasteiger partial charge in [-0.25, -0.2) is 0 Å². The Labute approximate surface area is 208 Å². The van der Waals surface area contributed by atoms with Crippen molar-refractivity contribution in [2.24, 2.45) is 10.9 Å². The molecule has 2 N–H and O–H groups in total. The van der Waals surface area contributed by atoms with Crippen LogP contribution >= 0.6 is 24.0 Å². The number of hydrogen-bond acceptors (Lipinski definition) is 4. The summed E-state index contributed by atoms with van der Waals surface area (Å²) in [6.45, 7) is 8.69. The fraction of sp³-hybridized carbons (Fsp3) is 0.955. The van der Waals surface area contributed by atoms with Crippen molar-refractivity contribution < 1.29 is 17.9 Å². The third-order valence-corrected chi connectivity index (χ3v) is 7.03. The minimum Gasteiger partial charge on any atom is -0.381 e. The van der Waals surface area contributed by atoms with Crippen LogP contribution in [0, 0.1) is 5.92 Å². The van der Waals surface area contributed by atoms with Crippen molar-refractivity contribution in [3.8, 4) is 0 Å². The topological polar surface area (TPSA) is 52.1 Å². The lowest BCUT2D eigenvalue weighted by Gasteiger charge is -2.43. The van der Waals surface area contributed by atoms with Gasteiger partial charge in [0.05, 0.1) is 13.1 Å². The highest BCUT2D eigenvalue weighted by Crippen LogP contribution is 2.31. The van der Waals surface area contributed by atoms with Crippen molar-refractivity contribution in [1.29, 1.82) is 0 Å². The molecule has 32 heavy (non-hydrogen) atoms. The molecule has 3 aliphatic rings. The summed E-state index contributed by atoms with van der Waals surface area (Å²) in [4.78, 5) is 9.10. The second-order valence-corrected chi connectivity index (χ2v) is 9.28. The van der Waals surface area contributed by atoms with Crippen LogP contribution in [0.25, 0.3) is 0 Å². The van der Waals surface area contributed by atoms with Crippen molar-refractivity contribution in [1.82, 2.24) is 20.4 Å². The number of guanidine groups is 1. The van der Waals surface area contributed by atoms with Gasteiger partial charge >= 0.3 is 6.18 Å². The smallest absolute Gasteiger partial charge is 0.381 e. The molecule has 3 rings (SSSR count). The number of ether oxygens (including phenoxy) is 1. The molecule has 0 aliphatic carbocycles. The van der Waals surface area contributed by atoms with Crippen LogP contribution in [0.15, 0.2) is 4.99 Å². The third-order valence-electron chi connectivity index (χ3n) is 7.03. The molecule has 0 amide bonds. The number of halogens is 4. The van der Waals surface area contributed by atoms with Crippen molar-refractivity contribution in [3.05, 3.63) is 0 Å². The molecule has 0 atom stereocenters. The molecular weight excluding hydrogens is 534 g/mol. The van der Waals surface area contributed by atoms with Crippen LogP contribution in [-0.2, 0) is 4.74 Å². The Balaban J connectivity index is 0.00000363. The first-order valence-electron chi connectivity index (χ1n) is 12.0. The van der Waals surface area contributed by atoms with Gasteiger partial charge in [-0.05, 0) is 84.0 Å². The quantitative estimate of drug-likeness (QED) is 0.264. The molecule has 0 aromatic heterocycles. The molecule has 0 aromatic carbocycles. The number of hydrogen-bond donors (Lipinski definition) is 2. The van der Waals surface area contributed by atoms with Gasteiger partial charge in [0.2, 0.25) is 0 Å². The molecule has 10 heteroatoms. The van der Waals surface area contributed by atoms with E-state index in [9.17, 15) is 13.2 Å². The second-order valence-electron chi connectivity index (χ2n) is 9.28. The number of alkyl halides is 3. The Morgan fingerprint density at radius 2 is 1.72 bits per heavy atom. The van der Waals surface area contributed by atoms with Gasteiger partial charge in [-0.15, -0.1) is 24.0 Å². The van der Waals surface area contributed by atoms with Crippen LogP contribution in [0.1, 0.15) is 51.9 Å². The van der Waals surface area contributed by atoms with E-state index in [4.69, 9.17) is 9.73 Å². The monoisotopic (exact) mass is 575 g/mol. The van der Waals surface area contributed by atoms with E-state index in [1.165, 1.54) is 17.7 Å². The first-order valence-corrected chi connectivity index (χ1v) is 12.0. The van der Waals surface area contributed by atoms with E-state index < -0.39 is 12.7 Å². The average Bonchev–Trinajstić information content (AvgIpc) is 3.29. The Hall–Kier alpha value is -0.330. The van der Waals surface area contributed by atoms with Crippen molar-refractivity contribution in [2.75, 3.05) is 65.6 Å². The summed E-state index contributed by atoms with van der Waals surface area (Å²) in [5.41, 5.74) is 0.114. The Kier molecular flexibility index (Phi) is 11.8. The lowest BCUT2D eigenvalue weighted by atomic mass is 9.88. The van der Waals surface area contributed by atoms with E-state index >= 15 is 0 Å². The highest BCUT2D eigenvalue weighted by molar-refractivity contribution is 14.0. The molecule has 0 aromatic rings. The first kappa shape index (κ1) is 27.9. The minimum absolute atomic E-state index is 0. The average molecular weight is 576 g/mol. The Bertz CT molecular complexity index is 558. The van der Waals surface area contributed by atoms with E-state index in [0.29, 0.717) is 19.0 Å². The standard InChI is InChI=1S/C22H40F3N5O.HI/c1-2-26-20(27-10-5-19-6-13-29(14-7-19)18-22(23,24)25)28-17-21(8-15-31-16-9-21)30-11-3-4-12-30;/h19H,2-18H2,1H3,(H2,26,27,28);1H.